The van der Waals surface area contributed by atoms with Crippen LogP contribution in [0.4, 0.5) is 5.69 Å². The molecule has 146 valence electrons. The lowest BCUT2D eigenvalue weighted by Crippen LogP contribution is -2.31. The van der Waals surface area contributed by atoms with Crippen molar-refractivity contribution in [2.24, 2.45) is 0 Å². The molecule has 0 unspecified atom stereocenters. The topological polar surface area (TPSA) is 71.8 Å². The smallest absolute Gasteiger partial charge is 0.278 e. The maximum atomic E-state index is 13.3. The van der Waals surface area contributed by atoms with Crippen LogP contribution >= 0.6 is 15.9 Å². The van der Waals surface area contributed by atoms with E-state index in [1.807, 2.05) is 30.3 Å². The Hall–Kier alpha value is -3.32. The van der Waals surface area contributed by atoms with Crippen LogP contribution in [0.3, 0.4) is 0 Å². The van der Waals surface area contributed by atoms with Crippen LogP contribution < -0.4 is 10.1 Å². The molecular weight excluding hydrogens is 436 g/mol. The molecule has 7 heteroatoms. The highest BCUT2D eigenvalue weighted by Crippen LogP contribution is 2.36. The van der Waals surface area contributed by atoms with Crippen LogP contribution in [-0.2, 0) is 16.1 Å². The summed E-state index contributed by atoms with van der Waals surface area (Å²) < 4.78 is 11.6. The van der Waals surface area contributed by atoms with Gasteiger partial charge in [-0.2, -0.15) is 0 Å². The van der Waals surface area contributed by atoms with Gasteiger partial charge in [0.25, 0.3) is 11.8 Å². The molecule has 2 aromatic carbocycles. The van der Waals surface area contributed by atoms with Gasteiger partial charge in [0.15, 0.2) is 0 Å². The minimum Gasteiger partial charge on any atom is -0.496 e. The Morgan fingerprint density at radius 1 is 1.03 bits per heavy atom. The van der Waals surface area contributed by atoms with Crippen molar-refractivity contribution >= 4 is 39.0 Å². The van der Waals surface area contributed by atoms with Crippen molar-refractivity contribution in [1.29, 1.82) is 0 Å². The van der Waals surface area contributed by atoms with Gasteiger partial charge in [0, 0.05) is 15.7 Å². The summed E-state index contributed by atoms with van der Waals surface area (Å²) >= 11 is 3.42. The Morgan fingerprint density at radius 3 is 2.59 bits per heavy atom. The van der Waals surface area contributed by atoms with Gasteiger partial charge in [-0.1, -0.05) is 40.2 Å². The van der Waals surface area contributed by atoms with E-state index in [-0.39, 0.29) is 17.8 Å². The standard InChI is InChI=1S/C22H17BrN2O4/c1-28-18-10-3-2-9-17(18)19-20(24-15-7-4-6-14(23)12-15)22(27)25(21(19)26)13-16-8-5-11-29-16/h2-12,24H,13H2,1H3. The SMILES string of the molecule is COc1ccccc1C1=C(Nc2cccc(Br)c2)C(=O)N(Cc2ccco2)C1=O. The molecule has 0 atom stereocenters. The first-order valence-electron chi connectivity index (χ1n) is 8.87. The first-order chi connectivity index (χ1) is 14.1. The van der Waals surface area contributed by atoms with Crippen molar-refractivity contribution in [2.75, 3.05) is 12.4 Å². The van der Waals surface area contributed by atoms with Crippen LogP contribution in [0.1, 0.15) is 11.3 Å². The molecule has 0 fully saturated rings. The summed E-state index contributed by atoms with van der Waals surface area (Å²) in [6.45, 7) is 0.0486. The number of nitrogens with one attached hydrogen (secondary N) is 1. The van der Waals surface area contributed by atoms with E-state index in [0.717, 1.165) is 4.47 Å². The van der Waals surface area contributed by atoms with Crippen LogP contribution in [0.5, 0.6) is 5.75 Å². The second kappa shape index (κ2) is 7.97. The van der Waals surface area contributed by atoms with Crippen LogP contribution in [0.15, 0.2) is 81.5 Å². The van der Waals surface area contributed by atoms with Crippen LogP contribution in [-0.4, -0.2) is 23.8 Å². The maximum absolute atomic E-state index is 13.3. The summed E-state index contributed by atoms with van der Waals surface area (Å²) in [6, 6.07) is 18.0. The molecule has 1 aromatic heterocycles. The Balaban J connectivity index is 1.80. The lowest BCUT2D eigenvalue weighted by atomic mass is 10.0. The Labute approximate surface area is 175 Å². The minimum absolute atomic E-state index is 0.0486. The molecule has 3 aromatic rings. The Morgan fingerprint density at radius 2 is 1.86 bits per heavy atom. The van der Waals surface area contributed by atoms with E-state index in [9.17, 15) is 9.59 Å². The summed E-state index contributed by atoms with van der Waals surface area (Å²) in [6.07, 6.45) is 1.51. The number of rotatable bonds is 6. The number of carbonyl (C=O) groups excluding carboxylic acids is 2. The van der Waals surface area contributed by atoms with Gasteiger partial charge in [-0.3, -0.25) is 14.5 Å². The largest absolute Gasteiger partial charge is 0.496 e. The molecule has 0 radical (unpaired) electrons. The number of ether oxygens (including phenoxy) is 1. The molecule has 1 N–H and O–H groups in total. The van der Waals surface area contributed by atoms with E-state index in [1.54, 1.807) is 30.3 Å². The number of halogens is 1. The zero-order chi connectivity index (χ0) is 20.4. The van der Waals surface area contributed by atoms with Gasteiger partial charge in [-0.05, 0) is 36.4 Å². The maximum Gasteiger partial charge on any atom is 0.278 e. The molecule has 0 saturated carbocycles. The number of nitrogens with zero attached hydrogens (tertiary/aromatic N) is 1. The fraction of sp³-hybridized carbons (Fsp3) is 0.0909. The van der Waals surface area contributed by atoms with Gasteiger partial charge in [-0.25, -0.2) is 0 Å². The number of para-hydroxylation sites is 1. The van der Waals surface area contributed by atoms with Crippen LogP contribution in [0.25, 0.3) is 5.57 Å². The molecule has 29 heavy (non-hydrogen) atoms. The highest BCUT2D eigenvalue weighted by molar-refractivity contribution is 9.10. The number of hydrogen-bond donors (Lipinski definition) is 1. The van der Waals surface area contributed by atoms with Gasteiger partial charge >= 0.3 is 0 Å². The predicted octanol–water partition coefficient (Wildman–Crippen LogP) is 4.44. The second-order valence-corrected chi connectivity index (χ2v) is 7.28. The van der Waals surface area contributed by atoms with E-state index in [1.165, 1.54) is 18.3 Å². The molecule has 0 aliphatic carbocycles. The van der Waals surface area contributed by atoms with E-state index in [4.69, 9.17) is 9.15 Å². The first kappa shape index (κ1) is 19.0. The summed E-state index contributed by atoms with van der Waals surface area (Å²) in [5.74, 6) is 0.201. The van der Waals surface area contributed by atoms with Crippen molar-refractivity contribution < 1.29 is 18.7 Å². The third-order valence-electron chi connectivity index (χ3n) is 4.53. The van der Waals surface area contributed by atoms with Crippen molar-refractivity contribution in [3.63, 3.8) is 0 Å². The van der Waals surface area contributed by atoms with Gasteiger partial charge < -0.3 is 14.5 Å². The molecule has 1 aliphatic rings. The average Bonchev–Trinajstić information content (AvgIpc) is 3.31. The monoisotopic (exact) mass is 452 g/mol. The van der Waals surface area contributed by atoms with Crippen molar-refractivity contribution in [3.05, 3.63) is 88.4 Å². The van der Waals surface area contributed by atoms with Gasteiger partial charge in [0.05, 0.1) is 25.5 Å². The summed E-state index contributed by atoms with van der Waals surface area (Å²) in [4.78, 5) is 27.7. The molecule has 0 saturated heterocycles. The number of amides is 2. The van der Waals surface area contributed by atoms with E-state index in [0.29, 0.717) is 22.8 Å². The number of benzene rings is 2. The Bertz CT molecular complexity index is 1110. The molecule has 4 rings (SSSR count). The zero-order valence-corrected chi connectivity index (χ0v) is 17.1. The fourth-order valence-corrected chi connectivity index (χ4v) is 3.60. The molecule has 0 spiro atoms. The number of methoxy groups -OCH3 is 1. The second-order valence-electron chi connectivity index (χ2n) is 6.36. The molecule has 6 nitrogen and oxygen atoms in total. The minimum atomic E-state index is -0.424. The van der Waals surface area contributed by atoms with Gasteiger partial charge in [0.2, 0.25) is 0 Å². The van der Waals surface area contributed by atoms with Crippen LogP contribution in [0, 0.1) is 0 Å². The number of anilines is 1. The molecular formula is C22H17BrN2O4. The van der Waals surface area contributed by atoms with Crippen molar-refractivity contribution in [3.8, 4) is 5.75 Å². The van der Waals surface area contributed by atoms with Crippen molar-refractivity contribution in [2.45, 2.75) is 6.54 Å². The summed E-state index contributed by atoms with van der Waals surface area (Å²) in [7, 11) is 1.53. The lowest BCUT2D eigenvalue weighted by Gasteiger charge is -2.14. The van der Waals surface area contributed by atoms with E-state index >= 15 is 0 Å². The fourth-order valence-electron chi connectivity index (χ4n) is 3.21. The quantitative estimate of drug-likeness (QED) is 0.559. The highest BCUT2D eigenvalue weighted by atomic mass is 79.9. The molecule has 2 amide bonds. The summed E-state index contributed by atoms with van der Waals surface area (Å²) in [5, 5.41) is 3.12. The third kappa shape index (κ3) is 3.69. The number of hydrogen-bond acceptors (Lipinski definition) is 5. The third-order valence-corrected chi connectivity index (χ3v) is 5.03. The van der Waals surface area contributed by atoms with Gasteiger partial charge in [0.1, 0.15) is 17.2 Å². The molecule has 0 bridgehead atoms. The highest BCUT2D eigenvalue weighted by Gasteiger charge is 2.40. The first-order valence-corrected chi connectivity index (χ1v) is 9.66. The average molecular weight is 453 g/mol. The molecule has 2 heterocycles. The normalized spacial score (nSPS) is 13.9. The summed E-state index contributed by atoms with van der Waals surface area (Å²) in [5.41, 5.74) is 1.69. The number of imide groups is 1. The van der Waals surface area contributed by atoms with Gasteiger partial charge in [-0.15, -0.1) is 0 Å². The van der Waals surface area contributed by atoms with Crippen LogP contribution in [0.2, 0.25) is 0 Å². The Kier molecular flexibility index (Phi) is 5.22. The molecule has 1 aliphatic heterocycles. The van der Waals surface area contributed by atoms with E-state index in [2.05, 4.69) is 21.2 Å². The zero-order valence-electron chi connectivity index (χ0n) is 15.5. The van der Waals surface area contributed by atoms with E-state index < -0.39 is 11.8 Å². The lowest BCUT2D eigenvalue weighted by molar-refractivity contribution is -0.137. The van der Waals surface area contributed by atoms with Crippen molar-refractivity contribution in [1.82, 2.24) is 4.90 Å². The predicted molar refractivity (Wildman–Crippen MR) is 112 cm³/mol. The number of carbonyl (C=O) groups is 2. The number of furan rings is 1.